The molecule has 1 rings (SSSR count). The van der Waals surface area contributed by atoms with Gasteiger partial charge in [-0.15, -0.1) is 0 Å². The molecule has 0 aromatic carbocycles. The summed E-state index contributed by atoms with van der Waals surface area (Å²) >= 11 is 0. The molecule has 0 amide bonds. The van der Waals surface area contributed by atoms with Gasteiger partial charge in [0.15, 0.2) is 0 Å². The van der Waals surface area contributed by atoms with Crippen molar-refractivity contribution in [3.05, 3.63) is 0 Å². The van der Waals surface area contributed by atoms with Crippen LogP contribution < -0.4 is 0 Å². The fraction of sp³-hybridized carbons (Fsp3) is 1.00. The smallest absolute Gasteiger partial charge is 0.107 e. The van der Waals surface area contributed by atoms with E-state index in [2.05, 4.69) is 25.7 Å². The molecule has 78 valence electrons. The van der Waals surface area contributed by atoms with Gasteiger partial charge in [-0.3, -0.25) is 4.90 Å². The molecular formula is C11H23NO. The topological polar surface area (TPSA) is 23.5 Å². The highest BCUT2D eigenvalue weighted by atomic mass is 16.3. The summed E-state index contributed by atoms with van der Waals surface area (Å²) in [6.07, 6.45) is 3.01. The van der Waals surface area contributed by atoms with Gasteiger partial charge in [0.05, 0.1) is 0 Å². The van der Waals surface area contributed by atoms with Crippen LogP contribution >= 0.6 is 0 Å². The Bertz CT molecular complexity index is 158. The molecule has 0 bridgehead atoms. The van der Waals surface area contributed by atoms with Crippen LogP contribution in [0.5, 0.6) is 0 Å². The molecule has 0 aromatic heterocycles. The average Bonchev–Trinajstić information content (AvgIpc) is 2.82. The van der Waals surface area contributed by atoms with Crippen LogP contribution in [0.15, 0.2) is 0 Å². The van der Waals surface area contributed by atoms with E-state index in [-0.39, 0.29) is 6.23 Å². The fourth-order valence-corrected chi connectivity index (χ4v) is 2.07. The molecule has 1 fully saturated rings. The first-order chi connectivity index (χ1) is 6.07. The zero-order valence-corrected chi connectivity index (χ0v) is 9.33. The van der Waals surface area contributed by atoms with E-state index in [1.807, 2.05) is 7.05 Å². The van der Waals surface area contributed by atoms with E-state index in [1.54, 1.807) is 0 Å². The molecule has 0 aromatic rings. The van der Waals surface area contributed by atoms with Gasteiger partial charge in [0.2, 0.25) is 0 Å². The summed E-state index contributed by atoms with van der Waals surface area (Å²) < 4.78 is 0. The van der Waals surface area contributed by atoms with E-state index in [4.69, 9.17) is 0 Å². The van der Waals surface area contributed by atoms with E-state index in [1.165, 1.54) is 6.42 Å². The first-order valence-electron chi connectivity index (χ1n) is 5.48. The zero-order valence-electron chi connectivity index (χ0n) is 9.33. The van der Waals surface area contributed by atoms with Gasteiger partial charge in [-0.1, -0.05) is 27.2 Å². The minimum Gasteiger partial charge on any atom is -0.378 e. The fourth-order valence-electron chi connectivity index (χ4n) is 2.07. The second-order valence-corrected chi connectivity index (χ2v) is 4.65. The molecule has 1 N–H and O–H groups in total. The van der Waals surface area contributed by atoms with Crippen LogP contribution in [0.3, 0.4) is 0 Å². The molecular weight excluding hydrogens is 162 g/mol. The molecule has 2 nitrogen and oxygen atoms in total. The van der Waals surface area contributed by atoms with Gasteiger partial charge in [-0.2, -0.15) is 0 Å². The van der Waals surface area contributed by atoms with Crippen LogP contribution in [0.2, 0.25) is 0 Å². The standard InChI is InChI=1S/C11H23NO/c1-5-6-11(13)12(4)10-7-9(10)8(2)3/h8-11,13H,5-7H2,1-4H3. The molecule has 0 aliphatic heterocycles. The van der Waals surface area contributed by atoms with Crippen molar-refractivity contribution < 1.29 is 5.11 Å². The molecule has 3 atom stereocenters. The summed E-state index contributed by atoms with van der Waals surface area (Å²) in [5, 5.41) is 9.75. The highest BCUT2D eigenvalue weighted by Gasteiger charge is 2.43. The summed E-state index contributed by atoms with van der Waals surface area (Å²) in [6, 6.07) is 0.640. The van der Waals surface area contributed by atoms with Gasteiger partial charge in [0.25, 0.3) is 0 Å². The second kappa shape index (κ2) is 4.43. The van der Waals surface area contributed by atoms with Crippen molar-refractivity contribution in [3.8, 4) is 0 Å². The van der Waals surface area contributed by atoms with Crippen LogP contribution in [0.4, 0.5) is 0 Å². The van der Waals surface area contributed by atoms with Crippen molar-refractivity contribution in [2.45, 2.75) is 52.3 Å². The maximum atomic E-state index is 9.75. The van der Waals surface area contributed by atoms with Crippen LogP contribution in [0, 0.1) is 11.8 Å². The van der Waals surface area contributed by atoms with E-state index in [9.17, 15) is 5.11 Å². The number of rotatable bonds is 5. The lowest BCUT2D eigenvalue weighted by Crippen LogP contribution is -2.34. The molecule has 13 heavy (non-hydrogen) atoms. The molecule has 0 heterocycles. The molecule has 1 aliphatic rings. The SMILES string of the molecule is CCCC(O)N(C)C1CC1C(C)C. The molecule has 1 saturated carbocycles. The highest BCUT2D eigenvalue weighted by molar-refractivity contribution is 4.96. The quantitative estimate of drug-likeness (QED) is 0.663. The predicted molar refractivity (Wildman–Crippen MR) is 55.4 cm³/mol. The van der Waals surface area contributed by atoms with Crippen LogP contribution in [0.25, 0.3) is 0 Å². The first-order valence-corrected chi connectivity index (χ1v) is 5.48. The second-order valence-electron chi connectivity index (χ2n) is 4.65. The maximum absolute atomic E-state index is 9.75. The van der Waals surface area contributed by atoms with Gasteiger partial charge in [0, 0.05) is 6.04 Å². The van der Waals surface area contributed by atoms with Crippen LogP contribution in [0.1, 0.15) is 40.0 Å². The number of hydrogen-bond donors (Lipinski definition) is 1. The van der Waals surface area contributed by atoms with E-state index >= 15 is 0 Å². The molecule has 0 radical (unpaired) electrons. The summed E-state index contributed by atoms with van der Waals surface area (Å²) in [6.45, 7) is 6.65. The monoisotopic (exact) mass is 185 g/mol. The Labute approximate surface area is 81.9 Å². The molecule has 2 heteroatoms. The lowest BCUT2D eigenvalue weighted by atomic mass is 10.1. The third-order valence-electron chi connectivity index (χ3n) is 3.20. The Hall–Kier alpha value is -0.0800. The van der Waals surface area contributed by atoms with E-state index in [0.717, 1.165) is 24.7 Å². The van der Waals surface area contributed by atoms with Crippen molar-refractivity contribution in [3.63, 3.8) is 0 Å². The van der Waals surface area contributed by atoms with E-state index < -0.39 is 0 Å². The number of aliphatic hydroxyl groups is 1. The Kier molecular flexibility index (Phi) is 3.74. The van der Waals surface area contributed by atoms with Gasteiger partial charge in [-0.05, 0) is 31.7 Å². The van der Waals surface area contributed by atoms with Crippen molar-refractivity contribution >= 4 is 0 Å². The third-order valence-corrected chi connectivity index (χ3v) is 3.20. The number of hydrogen-bond acceptors (Lipinski definition) is 2. The number of nitrogens with zero attached hydrogens (tertiary/aromatic N) is 1. The van der Waals surface area contributed by atoms with Crippen molar-refractivity contribution in [2.24, 2.45) is 11.8 Å². The lowest BCUT2D eigenvalue weighted by molar-refractivity contribution is 0.00539. The van der Waals surface area contributed by atoms with Crippen LogP contribution in [-0.4, -0.2) is 29.3 Å². The normalized spacial score (nSPS) is 29.8. The summed E-state index contributed by atoms with van der Waals surface area (Å²) in [4.78, 5) is 2.15. The first kappa shape index (κ1) is 11.0. The van der Waals surface area contributed by atoms with Gasteiger partial charge in [0.1, 0.15) is 6.23 Å². The minimum atomic E-state index is -0.223. The largest absolute Gasteiger partial charge is 0.378 e. The Balaban J connectivity index is 2.29. The Morgan fingerprint density at radius 3 is 2.46 bits per heavy atom. The summed E-state index contributed by atoms with van der Waals surface area (Å²) in [7, 11) is 2.05. The van der Waals surface area contributed by atoms with Gasteiger partial charge >= 0.3 is 0 Å². The zero-order chi connectivity index (χ0) is 10.0. The Morgan fingerprint density at radius 1 is 1.46 bits per heavy atom. The van der Waals surface area contributed by atoms with Crippen molar-refractivity contribution in [2.75, 3.05) is 7.05 Å². The minimum absolute atomic E-state index is 0.223. The molecule has 0 spiro atoms. The molecule has 1 aliphatic carbocycles. The van der Waals surface area contributed by atoms with Gasteiger partial charge in [-0.25, -0.2) is 0 Å². The van der Waals surface area contributed by atoms with Crippen molar-refractivity contribution in [1.82, 2.24) is 4.90 Å². The number of aliphatic hydroxyl groups excluding tert-OH is 1. The molecule has 3 unspecified atom stereocenters. The summed E-state index contributed by atoms with van der Waals surface area (Å²) in [5.41, 5.74) is 0. The lowest BCUT2D eigenvalue weighted by Gasteiger charge is -2.23. The predicted octanol–water partition coefficient (Wildman–Crippen LogP) is 2.08. The third kappa shape index (κ3) is 2.68. The van der Waals surface area contributed by atoms with Crippen molar-refractivity contribution in [1.29, 1.82) is 0 Å². The maximum Gasteiger partial charge on any atom is 0.107 e. The summed E-state index contributed by atoms with van der Waals surface area (Å²) in [5.74, 6) is 1.58. The molecule has 0 saturated heterocycles. The van der Waals surface area contributed by atoms with Crippen LogP contribution in [-0.2, 0) is 0 Å². The average molecular weight is 185 g/mol. The highest BCUT2D eigenvalue weighted by Crippen LogP contribution is 2.41. The van der Waals surface area contributed by atoms with Gasteiger partial charge < -0.3 is 5.11 Å². The van der Waals surface area contributed by atoms with E-state index in [0.29, 0.717) is 6.04 Å². The Morgan fingerprint density at radius 2 is 2.08 bits per heavy atom.